The highest BCUT2D eigenvalue weighted by Gasteiger charge is 2.62. The minimum Gasteiger partial charge on any atom is -0.466 e. The summed E-state index contributed by atoms with van der Waals surface area (Å²) in [6.45, 7) is 6.18. The number of ether oxygens (including phenoxy) is 2. The number of esters is 1. The van der Waals surface area contributed by atoms with Crippen molar-refractivity contribution in [2.45, 2.75) is 57.8 Å². The third-order valence-corrected chi connectivity index (χ3v) is 7.17. The molecule has 2 unspecified atom stereocenters. The van der Waals surface area contributed by atoms with Crippen molar-refractivity contribution in [3.63, 3.8) is 0 Å². The second-order valence-electron chi connectivity index (χ2n) is 10.5. The molecule has 1 spiro atoms. The van der Waals surface area contributed by atoms with E-state index in [1.807, 2.05) is 12.1 Å². The molecule has 2 aromatic carbocycles. The molecule has 2 N–H and O–H groups in total. The number of carbonyl (C=O) groups excluding carboxylic acids is 2. The second kappa shape index (κ2) is 10.7. The van der Waals surface area contributed by atoms with Crippen molar-refractivity contribution < 1.29 is 28.6 Å². The fraction of sp³-hybridized carbons (Fsp3) is 0.481. The van der Waals surface area contributed by atoms with Crippen LogP contribution >= 0.6 is 11.6 Å². The summed E-state index contributed by atoms with van der Waals surface area (Å²) in [4.78, 5) is 29.2. The SMILES string of the molecule is COC(=O)[C@H](NC(O)N1CCC2(CC1)C(=O)N(c1cccc(F)c1)C2c1ccc(Cl)cc1)OC(C)(C)C. The number of carbonyl (C=O) groups is 2. The number of methoxy groups -OCH3 is 1. The Balaban J connectivity index is 1.53. The van der Waals surface area contributed by atoms with Crippen molar-refractivity contribution in [3.8, 4) is 0 Å². The molecule has 0 saturated carbocycles. The zero-order valence-corrected chi connectivity index (χ0v) is 22.2. The minimum atomic E-state index is -1.19. The molecule has 2 saturated heterocycles. The predicted molar refractivity (Wildman–Crippen MR) is 137 cm³/mol. The molecule has 10 heteroatoms. The van der Waals surface area contributed by atoms with E-state index < -0.39 is 35.4 Å². The summed E-state index contributed by atoms with van der Waals surface area (Å²) in [6.07, 6.45) is -1.42. The molecule has 0 aliphatic carbocycles. The molecule has 2 fully saturated rings. The van der Waals surface area contributed by atoms with Crippen molar-refractivity contribution in [1.82, 2.24) is 10.2 Å². The molecule has 0 bridgehead atoms. The van der Waals surface area contributed by atoms with Gasteiger partial charge in [-0.2, -0.15) is 0 Å². The van der Waals surface area contributed by atoms with Crippen LogP contribution in [0.2, 0.25) is 5.02 Å². The van der Waals surface area contributed by atoms with Gasteiger partial charge in [0, 0.05) is 23.8 Å². The maximum atomic E-state index is 14.0. The predicted octanol–water partition coefficient (Wildman–Crippen LogP) is 3.83. The van der Waals surface area contributed by atoms with Crippen molar-refractivity contribution in [1.29, 1.82) is 0 Å². The quantitative estimate of drug-likeness (QED) is 0.317. The third kappa shape index (κ3) is 5.66. The highest BCUT2D eigenvalue weighted by molar-refractivity contribution is 6.30. The fourth-order valence-electron chi connectivity index (χ4n) is 5.17. The van der Waals surface area contributed by atoms with Gasteiger partial charge in [0.25, 0.3) is 0 Å². The molecule has 200 valence electrons. The summed E-state index contributed by atoms with van der Waals surface area (Å²) in [7, 11) is 1.25. The molecule has 2 aromatic rings. The molecule has 2 heterocycles. The van der Waals surface area contributed by atoms with Crippen molar-refractivity contribution in [2.24, 2.45) is 5.41 Å². The van der Waals surface area contributed by atoms with Gasteiger partial charge in [-0.25, -0.2) is 14.5 Å². The van der Waals surface area contributed by atoms with Gasteiger partial charge < -0.3 is 19.5 Å². The lowest BCUT2D eigenvalue weighted by molar-refractivity contribution is -0.179. The Kier molecular flexibility index (Phi) is 7.92. The highest BCUT2D eigenvalue weighted by Crippen LogP contribution is 2.57. The second-order valence-corrected chi connectivity index (χ2v) is 10.9. The van der Waals surface area contributed by atoms with Crippen molar-refractivity contribution >= 4 is 29.2 Å². The van der Waals surface area contributed by atoms with Crippen molar-refractivity contribution in [3.05, 3.63) is 64.9 Å². The van der Waals surface area contributed by atoms with E-state index in [0.717, 1.165) is 5.56 Å². The summed E-state index contributed by atoms with van der Waals surface area (Å²) in [6, 6.07) is 13.0. The smallest absolute Gasteiger partial charge is 0.350 e. The topological polar surface area (TPSA) is 91.3 Å². The average molecular weight is 534 g/mol. The summed E-state index contributed by atoms with van der Waals surface area (Å²) < 4.78 is 24.6. The molecule has 37 heavy (non-hydrogen) atoms. The molecule has 8 nitrogen and oxygen atoms in total. The Morgan fingerprint density at radius 2 is 1.84 bits per heavy atom. The van der Waals surface area contributed by atoms with Gasteiger partial charge in [0.1, 0.15) is 5.82 Å². The van der Waals surface area contributed by atoms with Crippen LogP contribution in [0.15, 0.2) is 48.5 Å². The number of halogens is 2. The molecule has 0 radical (unpaired) electrons. The van der Waals surface area contributed by atoms with Crippen LogP contribution in [0.25, 0.3) is 0 Å². The van der Waals surface area contributed by atoms with Crippen LogP contribution in [0.4, 0.5) is 10.1 Å². The van der Waals surface area contributed by atoms with Crippen molar-refractivity contribution in [2.75, 3.05) is 25.1 Å². The van der Waals surface area contributed by atoms with Gasteiger partial charge in [0.05, 0.1) is 24.2 Å². The van der Waals surface area contributed by atoms with E-state index in [0.29, 0.717) is 36.6 Å². The number of hydrogen-bond donors (Lipinski definition) is 2. The minimum absolute atomic E-state index is 0.0800. The number of aliphatic hydroxyl groups is 1. The van der Waals surface area contributed by atoms with Crippen LogP contribution in [-0.2, 0) is 19.1 Å². The maximum absolute atomic E-state index is 14.0. The lowest BCUT2D eigenvalue weighted by Gasteiger charge is -2.59. The first-order chi connectivity index (χ1) is 17.4. The number of amides is 1. The zero-order valence-electron chi connectivity index (χ0n) is 21.4. The molecule has 2 aliphatic heterocycles. The summed E-state index contributed by atoms with van der Waals surface area (Å²) in [5.41, 5.74) is 0.0481. The standard InChI is InChI=1S/C27H33ClFN3O5/c1-26(2,3)37-22(23(33)36-4)30-25(35)31-14-12-27(13-15-31)21(17-8-10-18(28)11-9-17)32(24(27)34)20-7-5-6-19(29)16-20/h5-11,16,21-22,25,30,35H,12-15H2,1-4H3/t21?,22-,25?/m1/s1. The largest absolute Gasteiger partial charge is 0.466 e. The van der Waals surface area contributed by atoms with Crippen LogP contribution < -0.4 is 10.2 Å². The number of nitrogens with zero attached hydrogens (tertiary/aromatic N) is 2. The Labute approximate surface area is 221 Å². The van der Waals surface area contributed by atoms with Gasteiger partial charge in [0.15, 0.2) is 6.35 Å². The maximum Gasteiger partial charge on any atom is 0.350 e. The van der Waals surface area contributed by atoms with Crippen LogP contribution in [-0.4, -0.2) is 60.3 Å². The molecule has 0 aromatic heterocycles. The summed E-state index contributed by atoms with van der Waals surface area (Å²) >= 11 is 6.11. The Morgan fingerprint density at radius 1 is 1.19 bits per heavy atom. The number of hydrogen-bond acceptors (Lipinski definition) is 7. The zero-order chi connectivity index (χ0) is 27.0. The number of piperidine rings is 1. The van der Waals surface area contributed by atoms with Crippen LogP contribution in [0, 0.1) is 11.2 Å². The highest BCUT2D eigenvalue weighted by atomic mass is 35.5. The van der Waals surface area contributed by atoms with E-state index in [1.54, 1.807) is 54.8 Å². The van der Waals surface area contributed by atoms with Crippen LogP contribution in [0.5, 0.6) is 0 Å². The Morgan fingerprint density at radius 3 is 2.41 bits per heavy atom. The van der Waals surface area contributed by atoms with E-state index in [-0.39, 0.29) is 11.9 Å². The van der Waals surface area contributed by atoms with Gasteiger partial charge >= 0.3 is 5.97 Å². The van der Waals surface area contributed by atoms with Gasteiger partial charge in [-0.3, -0.25) is 9.69 Å². The molecular formula is C27H33ClFN3O5. The van der Waals surface area contributed by atoms with Crippen LogP contribution in [0.1, 0.15) is 45.2 Å². The van der Waals surface area contributed by atoms with Gasteiger partial charge in [0.2, 0.25) is 12.1 Å². The molecule has 2 aliphatic rings. The molecular weight excluding hydrogens is 501 g/mol. The Hall–Kier alpha value is -2.56. The third-order valence-electron chi connectivity index (χ3n) is 6.92. The molecule has 3 atom stereocenters. The van der Waals surface area contributed by atoms with Crippen LogP contribution in [0.3, 0.4) is 0 Å². The number of nitrogens with one attached hydrogen (secondary N) is 1. The monoisotopic (exact) mass is 533 g/mol. The van der Waals surface area contributed by atoms with E-state index in [1.165, 1.54) is 19.2 Å². The van der Waals surface area contributed by atoms with E-state index in [4.69, 9.17) is 21.1 Å². The van der Waals surface area contributed by atoms with Gasteiger partial charge in [-0.1, -0.05) is 29.8 Å². The van der Waals surface area contributed by atoms with E-state index >= 15 is 0 Å². The first-order valence-electron chi connectivity index (χ1n) is 12.2. The number of aliphatic hydroxyl groups excluding tert-OH is 1. The van der Waals surface area contributed by atoms with E-state index in [9.17, 15) is 19.1 Å². The summed E-state index contributed by atoms with van der Waals surface area (Å²) in [5, 5.41) is 14.2. The number of rotatable bonds is 7. The van der Waals surface area contributed by atoms with Gasteiger partial charge in [-0.05, 0) is 69.5 Å². The van der Waals surface area contributed by atoms with Gasteiger partial charge in [-0.15, -0.1) is 0 Å². The number of β-lactam (4-membered cyclic amide) rings is 1. The first-order valence-corrected chi connectivity index (χ1v) is 12.6. The molecule has 4 rings (SSSR count). The number of benzene rings is 2. The van der Waals surface area contributed by atoms with E-state index in [2.05, 4.69) is 5.32 Å². The Bertz CT molecular complexity index is 1130. The normalized spacial score (nSPS) is 21.4. The summed E-state index contributed by atoms with van der Waals surface area (Å²) in [5.74, 6) is -1.14. The lowest BCUT2D eigenvalue weighted by atomic mass is 9.62. The fourth-order valence-corrected chi connectivity index (χ4v) is 5.29. The molecule has 1 amide bonds. The average Bonchev–Trinajstić information content (AvgIpc) is 2.86. The number of anilines is 1. The first kappa shape index (κ1) is 27.5. The number of likely N-dealkylation sites (tertiary alicyclic amines) is 1. The lowest BCUT2D eigenvalue weighted by Crippen LogP contribution is -2.68.